The van der Waals surface area contributed by atoms with E-state index in [2.05, 4.69) is 38.7 Å². The third-order valence-corrected chi connectivity index (χ3v) is 2.91. The molecule has 1 nitrogen and oxygen atoms in total. The SMILES string of the molecule is C=C/C(=C\C=C/C)C1C=C(C)C(/C(C)=C\C)=N1. The average molecular weight is 227 g/mol. The molecule has 0 radical (unpaired) electrons. The van der Waals surface area contributed by atoms with Gasteiger partial charge in [0.25, 0.3) is 0 Å². The van der Waals surface area contributed by atoms with Gasteiger partial charge in [0.1, 0.15) is 0 Å². The van der Waals surface area contributed by atoms with Gasteiger partial charge in [-0.1, -0.05) is 43.0 Å². The lowest BCUT2D eigenvalue weighted by molar-refractivity contribution is 1.000. The molecule has 17 heavy (non-hydrogen) atoms. The zero-order valence-electron chi connectivity index (χ0n) is 11.2. The van der Waals surface area contributed by atoms with E-state index in [0.29, 0.717) is 0 Å². The van der Waals surface area contributed by atoms with Crippen LogP contribution in [0.3, 0.4) is 0 Å². The predicted octanol–water partition coefficient (Wildman–Crippen LogP) is 4.41. The van der Waals surface area contributed by atoms with Gasteiger partial charge in [-0.3, -0.25) is 4.99 Å². The van der Waals surface area contributed by atoms with E-state index in [4.69, 9.17) is 4.99 Å². The zero-order valence-corrected chi connectivity index (χ0v) is 11.2. The van der Waals surface area contributed by atoms with E-state index in [1.54, 1.807) is 0 Å². The first-order chi connectivity index (χ1) is 8.13. The van der Waals surface area contributed by atoms with Crippen molar-refractivity contribution in [3.63, 3.8) is 0 Å². The summed E-state index contributed by atoms with van der Waals surface area (Å²) in [6.45, 7) is 12.1. The summed E-state index contributed by atoms with van der Waals surface area (Å²) in [5, 5.41) is 0. The van der Waals surface area contributed by atoms with Crippen LogP contribution in [0.5, 0.6) is 0 Å². The van der Waals surface area contributed by atoms with Crippen LogP contribution in [0, 0.1) is 0 Å². The minimum absolute atomic E-state index is 0.119. The topological polar surface area (TPSA) is 12.4 Å². The minimum Gasteiger partial charge on any atom is -0.273 e. The summed E-state index contributed by atoms with van der Waals surface area (Å²) >= 11 is 0. The molecular formula is C16H21N. The van der Waals surface area contributed by atoms with Gasteiger partial charge in [0, 0.05) is 0 Å². The lowest BCUT2D eigenvalue weighted by atomic mass is 10.0. The maximum absolute atomic E-state index is 4.75. The fraction of sp³-hybridized carbons (Fsp3) is 0.312. The van der Waals surface area contributed by atoms with Gasteiger partial charge in [0.05, 0.1) is 11.8 Å². The van der Waals surface area contributed by atoms with Gasteiger partial charge in [-0.25, -0.2) is 0 Å². The number of hydrogen-bond acceptors (Lipinski definition) is 1. The van der Waals surface area contributed by atoms with Gasteiger partial charge in [0.15, 0.2) is 0 Å². The van der Waals surface area contributed by atoms with Crippen LogP contribution >= 0.6 is 0 Å². The molecule has 1 heterocycles. The van der Waals surface area contributed by atoms with E-state index in [-0.39, 0.29) is 6.04 Å². The quantitative estimate of drug-likeness (QED) is 0.631. The molecule has 1 unspecified atom stereocenters. The summed E-state index contributed by atoms with van der Waals surface area (Å²) in [4.78, 5) is 4.75. The van der Waals surface area contributed by atoms with Crippen LogP contribution in [0.25, 0.3) is 0 Å². The van der Waals surface area contributed by atoms with Crippen LogP contribution in [-0.2, 0) is 0 Å². The predicted molar refractivity (Wildman–Crippen MR) is 77.5 cm³/mol. The third kappa shape index (κ3) is 3.16. The first kappa shape index (κ1) is 13.4. The van der Waals surface area contributed by atoms with Crippen molar-refractivity contribution in [3.8, 4) is 0 Å². The second-order valence-corrected chi connectivity index (χ2v) is 4.14. The summed E-state index contributed by atoms with van der Waals surface area (Å²) in [5.41, 5.74) is 4.74. The highest BCUT2D eigenvalue weighted by atomic mass is 14.8. The standard InChI is InChI=1S/C16H21N/c1-6-9-10-14(8-3)15-11-13(5)16(17-15)12(4)7-2/h6-11,15H,3H2,1-2,4-5H3/b9-6-,12-7-,14-10+. The van der Waals surface area contributed by atoms with Crippen molar-refractivity contribution in [1.29, 1.82) is 0 Å². The molecule has 1 atom stereocenters. The Balaban J connectivity index is 3.05. The van der Waals surface area contributed by atoms with Crippen molar-refractivity contribution in [1.82, 2.24) is 0 Å². The maximum Gasteiger partial charge on any atom is 0.0943 e. The molecule has 0 aromatic carbocycles. The van der Waals surface area contributed by atoms with Crippen molar-refractivity contribution >= 4 is 5.71 Å². The number of nitrogens with zero attached hydrogens (tertiary/aromatic N) is 1. The summed E-state index contributed by atoms with van der Waals surface area (Å²) in [5.74, 6) is 0. The Hall–Kier alpha value is -1.63. The summed E-state index contributed by atoms with van der Waals surface area (Å²) < 4.78 is 0. The smallest absolute Gasteiger partial charge is 0.0943 e. The summed E-state index contributed by atoms with van der Waals surface area (Å²) in [6, 6.07) is 0.119. The van der Waals surface area contributed by atoms with Crippen LogP contribution in [0.1, 0.15) is 27.7 Å². The Morgan fingerprint density at radius 1 is 1.41 bits per heavy atom. The fourth-order valence-corrected chi connectivity index (χ4v) is 1.81. The number of hydrogen-bond donors (Lipinski definition) is 0. The second kappa shape index (κ2) is 6.19. The van der Waals surface area contributed by atoms with Crippen LogP contribution < -0.4 is 0 Å². The van der Waals surface area contributed by atoms with E-state index < -0.39 is 0 Å². The molecule has 1 heteroatoms. The number of aliphatic imine (C=N–C) groups is 1. The Bertz CT molecular complexity index is 442. The van der Waals surface area contributed by atoms with Crippen LogP contribution in [0.4, 0.5) is 0 Å². The highest BCUT2D eigenvalue weighted by Gasteiger charge is 2.18. The van der Waals surface area contributed by atoms with Crippen LogP contribution in [0.15, 0.2) is 64.7 Å². The Morgan fingerprint density at radius 2 is 2.12 bits per heavy atom. The van der Waals surface area contributed by atoms with Crippen molar-refractivity contribution in [2.45, 2.75) is 33.7 Å². The minimum atomic E-state index is 0.119. The summed E-state index contributed by atoms with van der Waals surface area (Å²) in [7, 11) is 0. The summed E-state index contributed by atoms with van der Waals surface area (Å²) in [6.07, 6.45) is 12.3. The molecule has 0 amide bonds. The van der Waals surface area contributed by atoms with E-state index >= 15 is 0 Å². The molecule has 1 aliphatic heterocycles. The van der Waals surface area contributed by atoms with Crippen LogP contribution in [0.2, 0.25) is 0 Å². The molecule has 1 aliphatic rings. The van der Waals surface area contributed by atoms with Gasteiger partial charge in [-0.2, -0.15) is 0 Å². The highest BCUT2D eigenvalue weighted by molar-refractivity contribution is 6.13. The van der Waals surface area contributed by atoms with Crippen molar-refractivity contribution in [2.75, 3.05) is 0 Å². The Kier molecular flexibility index (Phi) is 4.89. The first-order valence-electron chi connectivity index (χ1n) is 5.99. The number of rotatable bonds is 4. The van der Waals surface area contributed by atoms with Crippen LogP contribution in [-0.4, -0.2) is 11.8 Å². The molecule has 0 aliphatic carbocycles. The van der Waals surface area contributed by atoms with Gasteiger partial charge >= 0.3 is 0 Å². The fourth-order valence-electron chi connectivity index (χ4n) is 1.81. The molecule has 1 rings (SSSR count). The molecule has 0 fully saturated rings. The molecular weight excluding hydrogens is 206 g/mol. The molecule has 0 saturated heterocycles. The van der Waals surface area contributed by atoms with E-state index in [0.717, 1.165) is 11.3 Å². The van der Waals surface area contributed by atoms with E-state index in [1.807, 2.05) is 32.1 Å². The Labute approximate surface area is 105 Å². The third-order valence-electron chi connectivity index (χ3n) is 2.91. The highest BCUT2D eigenvalue weighted by Crippen LogP contribution is 2.23. The maximum atomic E-state index is 4.75. The molecule has 90 valence electrons. The normalized spacial score (nSPS) is 21.8. The largest absolute Gasteiger partial charge is 0.273 e. The molecule has 0 N–H and O–H groups in total. The van der Waals surface area contributed by atoms with Gasteiger partial charge in [0.2, 0.25) is 0 Å². The monoisotopic (exact) mass is 227 g/mol. The van der Waals surface area contributed by atoms with E-state index in [1.165, 1.54) is 11.1 Å². The first-order valence-corrected chi connectivity index (χ1v) is 5.99. The van der Waals surface area contributed by atoms with Gasteiger partial charge in [-0.15, -0.1) is 0 Å². The molecule has 0 aromatic rings. The lowest BCUT2D eigenvalue weighted by Gasteiger charge is -2.05. The average Bonchev–Trinajstić information content (AvgIpc) is 2.71. The molecule has 0 spiro atoms. The Morgan fingerprint density at radius 3 is 2.65 bits per heavy atom. The van der Waals surface area contributed by atoms with Gasteiger partial charge in [-0.05, 0) is 44.4 Å². The van der Waals surface area contributed by atoms with Crippen molar-refractivity contribution in [2.24, 2.45) is 4.99 Å². The van der Waals surface area contributed by atoms with E-state index in [9.17, 15) is 0 Å². The molecule has 0 bridgehead atoms. The number of allylic oxidation sites excluding steroid dienone is 6. The second-order valence-electron chi connectivity index (χ2n) is 4.14. The van der Waals surface area contributed by atoms with Crippen molar-refractivity contribution < 1.29 is 0 Å². The van der Waals surface area contributed by atoms with Crippen molar-refractivity contribution in [3.05, 3.63) is 59.8 Å². The lowest BCUT2D eigenvalue weighted by Crippen LogP contribution is -2.01. The molecule has 0 aromatic heterocycles. The molecule has 0 saturated carbocycles. The van der Waals surface area contributed by atoms with Gasteiger partial charge < -0.3 is 0 Å². The zero-order chi connectivity index (χ0) is 12.8.